The summed E-state index contributed by atoms with van der Waals surface area (Å²) in [6.45, 7) is 3.41. The highest BCUT2D eigenvalue weighted by Crippen LogP contribution is 2.22. The van der Waals surface area contributed by atoms with E-state index in [9.17, 15) is 19.2 Å². The highest BCUT2D eigenvalue weighted by atomic mass is 79.9. The van der Waals surface area contributed by atoms with Crippen molar-refractivity contribution in [3.63, 3.8) is 0 Å². The summed E-state index contributed by atoms with van der Waals surface area (Å²) >= 11 is 6.80. The van der Waals surface area contributed by atoms with Gasteiger partial charge >= 0.3 is 0 Å². The minimum atomic E-state index is -0.453. The number of amides is 4. The van der Waals surface area contributed by atoms with Crippen LogP contribution in [0.4, 0.5) is 0 Å². The van der Waals surface area contributed by atoms with Gasteiger partial charge in [0.2, 0.25) is 11.8 Å². The van der Waals surface area contributed by atoms with Crippen molar-refractivity contribution in [3.8, 4) is 11.5 Å². The van der Waals surface area contributed by atoms with Crippen LogP contribution in [0, 0.1) is 13.8 Å². The molecule has 2 aromatic rings. The lowest BCUT2D eigenvalue weighted by Crippen LogP contribution is -2.43. The number of hydrogen-bond donors (Lipinski definition) is 4. The summed E-state index contributed by atoms with van der Waals surface area (Å²) in [5, 5.41) is 0. The Kier molecular flexibility index (Phi) is 14.4. The third-order valence-electron chi connectivity index (χ3n) is 5.49. The maximum absolute atomic E-state index is 11.9. The molecule has 0 fully saturated rings. The minimum Gasteiger partial charge on any atom is -0.484 e. The maximum Gasteiger partial charge on any atom is 0.276 e. The van der Waals surface area contributed by atoms with Gasteiger partial charge in [-0.2, -0.15) is 0 Å². The van der Waals surface area contributed by atoms with Crippen LogP contribution in [0.15, 0.2) is 45.3 Å². The molecule has 0 aliphatic carbocycles. The van der Waals surface area contributed by atoms with Crippen LogP contribution in [0.3, 0.4) is 0 Å². The summed E-state index contributed by atoms with van der Waals surface area (Å²) in [7, 11) is 0. The van der Waals surface area contributed by atoms with Gasteiger partial charge in [-0.05, 0) is 74.2 Å². The minimum absolute atomic E-state index is 0.210. The summed E-state index contributed by atoms with van der Waals surface area (Å²) < 4.78 is 12.7. The van der Waals surface area contributed by atoms with Crippen molar-refractivity contribution in [2.24, 2.45) is 0 Å². The Balaban J connectivity index is 1.43. The zero-order valence-electron chi connectivity index (χ0n) is 22.0. The molecule has 0 aliphatic rings. The molecule has 0 saturated carbocycles. The van der Waals surface area contributed by atoms with Crippen LogP contribution >= 0.6 is 31.9 Å². The number of hydrazine groups is 2. The summed E-state index contributed by atoms with van der Waals surface area (Å²) in [5.74, 6) is -0.334. The molecule has 0 bridgehead atoms. The van der Waals surface area contributed by atoms with Gasteiger partial charge in [-0.15, -0.1) is 0 Å². The number of hydrogen-bond acceptors (Lipinski definition) is 6. The zero-order chi connectivity index (χ0) is 28.6. The third kappa shape index (κ3) is 13.5. The SMILES string of the molecule is Cc1cc(OCC(=O)NNC(=O)CCCCCCCC(=O)NNC(=O)COc2ccc(Br)c(C)c2)ccc1Br. The number of benzene rings is 2. The monoisotopic (exact) mass is 668 g/mol. The lowest BCUT2D eigenvalue weighted by atomic mass is 10.1. The summed E-state index contributed by atoms with van der Waals surface area (Å²) in [6, 6.07) is 10.8. The Morgan fingerprint density at radius 1 is 0.590 bits per heavy atom. The highest BCUT2D eigenvalue weighted by Gasteiger charge is 2.08. The zero-order valence-corrected chi connectivity index (χ0v) is 25.2. The Hall–Kier alpha value is -3.12. The Labute approximate surface area is 245 Å². The standard InChI is InChI=1S/C27H34Br2N4O6/c1-18-14-20(10-12-22(18)28)38-16-26(36)32-30-24(34)8-6-4-3-5-7-9-25(35)31-33-27(37)17-39-21-11-13-23(29)19(2)15-21/h10-15H,3-9,16-17H2,1-2H3,(H,30,34)(H,31,35)(H,32,36)(H,33,37). The first-order chi connectivity index (χ1) is 18.6. The van der Waals surface area contributed by atoms with Crippen LogP contribution < -0.4 is 31.2 Å². The number of aryl methyl sites for hydroxylation is 2. The van der Waals surface area contributed by atoms with Crippen LogP contribution in [0.1, 0.15) is 56.1 Å². The third-order valence-corrected chi connectivity index (χ3v) is 7.27. The number of nitrogens with one attached hydrogen (secondary N) is 4. The molecule has 10 nitrogen and oxygen atoms in total. The molecule has 4 N–H and O–H groups in total. The fraction of sp³-hybridized carbons (Fsp3) is 0.407. The molecule has 0 unspecified atom stereocenters. The van der Waals surface area contributed by atoms with Gasteiger partial charge in [0.1, 0.15) is 11.5 Å². The Bertz CT molecular complexity index is 1060. The van der Waals surface area contributed by atoms with Crippen molar-refractivity contribution in [1.29, 1.82) is 0 Å². The summed E-state index contributed by atoms with van der Waals surface area (Å²) in [4.78, 5) is 47.5. The number of ether oxygens (including phenoxy) is 2. The number of unbranched alkanes of at least 4 members (excludes halogenated alkanes) is 4. The number of halogens is 2. The molecule has 0 spiro atoms. The van der Waals surface area contributed by atoms with Crippen LogP contribution in [0.2, 0.25) is 0 Å². The molecule has 0 atom stereocenters. The van der Waals surface area contributed by atoms with E-state index < -0.39 is 11.8 Å². The molecular weight excluding hydrogens is 636 g/mol. The predicted molar refractivity (Wildman–Crippen MR) is 154 cm³/mol. The van der Waals surface area contributed by atoms with Gasteiger partial charge in [0, 0.05) is 21.8 Å². The first kappa shape index (κ1) is 32.1. The van der Waals surface area contributed by atoms with Crippen LogP contribution in [0.5, 0.6) is 11.5 Å². The molecule has 12 heteroatoms. The fourth-order valence-corrected chi connectivity index (χ4v) is 3.78. The van der Waals surface area contributed by atoms with Gasteiger partial charge in [-0.1, -0.05) is 51.1 Å². The number of carbonyl (C=O) groups excluding carboxylic acids is 4. The van der Waals surface area contributed by atoms with Crippen molar-refractivity contribution in [2.45, 2.75) is 58.8 Å². The van der Waals surface area contributed by atoms with E-state index in [2.05, 4.69) is 53.6 Å². The van der Waals surface area contributed by atoms with Gasteiger partial charge < -0.3 is 9.47 Å². The number of rotatable bonds is 14. The summed E-state index contributed by atoms with van der Waals surface area (Å²) in [6.07, 6.45) is 4.38. The summed E-state index contributed by atoms with van der Waals surface area (Å²) in [5.41, 5.74) is 11.4. The van der Waals surface area contributed by atoms with Crippen LogP contribution in [-0.2, 0) is 19.2 Å². The van der Waals surface area contributed by atoms with Gasteiger partial charge in [-0.3, -0.25) is 40.9 Å². The van der Waals surface area contributed by atoms with E-state index in [-0.39, 0.29) is 37.9 Å². The first-order valence-corrected chi connectivity index (χ1v) is 14.2. The second kappa shape index (κ2) is 17.5. The van der Waals surface area contributed by atoms with Gasteiger partial charge in [-0.25, -0.2) is 0 Å². The predicted octanol–water partition coefficient (Wildman–Crippen LogP) is 4.31. The van der Waals surface area contributed by atoms with Crippen LogP contribution in [-0.4, -0.2) is 36.8 Å². The van der Waals surface area contributed by atoms with Crippen LogP contribution in [0.25, 0.3) is 0 Å². The molecular formula is C27H34Br2N4O6. The lowest BCUT2D eigenvalue weighted by molar-refractivity contribution is -0.130. The highest BCUT2D eigenvalue weighted by molar-refractivity contribution is 9.10. The van der Waals surface area contributed by atoms with E-state index in [4.69, 9.17) is 9.47 Å². The maximum atomic E-state index is 11.9. The van der Waals surface area contributed by atoms with Crippen molar-refractivity contribution < 1.29 is 28.7 Å². The molecule has 39 heavy (non-hydrogen) atoms. The van der Waals surface area contributed by atoms with E-state index in [0.717, 1.165) is 39.3 Å². The Morgan fingerprint density at radius 2 is 0.949 bits per heavy atom. The van der Waals surface area contributed by atoms with E-state index in [0.29, 0.717) is 24.3 Å². The molecule has 0 saturated heterocycles. The fourth-order valence-electron chi connectivity index (χ4n) is 3.29. The average molecular weight is 670 g/mol. The molecule has 0 aliphatic heterocycles. The van der Waals surface area contributed by atoms with Crippen molar-refractivity contribution >= 4 is 55.5 Å². The van der Waals surface area contributed by atoms with Gasteiger partial charge in [0.05, 0.1) is 0 Å². The van der Waals surface area contributed by atoms with Gasteiger partial charge in [0.25, 0.3) is 11.8 Å². The number of carbonyl (C=O) groups is 4. The molecule has 2 aromatic carbocycles. The molecule has 212 valence electrons. The molecule has 4 amide bonds. The topological polar surface area (TPSA) is 135 Å². The van der Waals surface area contributed by atoms with Crippen molar-refractivity contribution in [1.82, 2.24) is 21.7 Å². The smallest absolute Gasteiger partial charge is 0.276 e. The van der Waals surface area contributed by atoms with Gasteiger partial charge in [0.15, 0.2) is 13.2 Å². The van der Waals surface area contributed by atoms with E-state index in [1.165, 1.54) is 0 Å². The largest absolute Gasteiger partial charge is 0.484 e. The second-order valence-corrected chi connectivity index (χ2v) is 10.6. The molecule has 0 heterocycles. The van der Waals surface area contributed by atoms with E-state index in [1.807, 2.05) is 38.1 Å². The lowest BCUT2D eigenvalue weighted by Gasteiger charge is -2.10. The molecule has 0 radical (unpaired) electrons. The van der Waals surface area contributed by atoms with Crippen molar-refractivity contribution in [3.05, 3.63) is 56.5 Å². The molecule has 0 aromatic heterocycles. The van der Waals surface area contributed by atoms with E-state index >= 15 is 0 Å². The van der Waals surface area contributed by atoms with Crippen molar-refractivity contribution in [2.75, 3.05) is 13.2 Å². The molecule has 2 rings (SSSR count). The normalized spacial score (nSPS) is 10.4. The first-order valence-electron chi connectivity index (χ1n) is 12.6. The Morgan fingerprint density at radius 3 is 1.33 bits per heavy atom. The van der Waals surface area contributed by atoms with E-state index in [1.54, 1.807) is 12.1 Å². The second-order valence-electron chi connectivity index (χ2n) is 8.86. The quantitative estimate of drug-likeness (QED) is 0.175. The average Bonchev–Trinajstić information content (AvgIpc) is 2.91.